The summed E-state index contributed by atoms with van der Waals surface area (Å²) in [5.41, 5.74) is 7.66. The lowest BCUT2D eigenvalue weighted by Crippen LogP contribution is -2.51. The summed E-state index contributed by atoms with van der Waals surface area (Å²) >= 11 is 5.39. The van der Waals surface area contributed by atoms with Gasteiger partial charge in [-0.15, -0.1) is 0 Å². The first-order valence-electron chi connectivity index (χ1n) is 11.3. The zero-order valence-electron chi connectivity index (χ0n) is 17.7. The molecular formula is C27H24BrNO2S. The number of ether oxygens (including phenoxy) is 1. The van der Waals surface area contributed by atoms with Gasteiger partial charge in [0.15, 0.2) is 0 Å². The molecule has 5 heteroatoms. The molecule has 1 saturated heterocycles. The highest BCUT2D eigenvalue weighted by Crippen LogP contribution is 2.45. The van der Waals surface area contributed by atoms with Crippen molar-refractivity contribution in [2.45, 2.75) is 43.7 Å². The second-order valence-electron chi connectivity index (χ2n) is 8.89. The summed E-state index contributed by atoms with van der Waals surface area (Å²) in [6.07, 6.45) is 6.24. The Bertz CT molecular complexity index is 1170. The summed E-state index contributed by atoms with van der Waals surface area (Å²) in [4.78, 5) is 15.3. The quantitative estimate of drug-likeness (QED) is 0.369. The van der Waals surface area contributed by atoms with Gasteiger partial charge < -0.3 is 4.74 Å². The molecule has 0 radical (unpaired) electrons. The summed E-state index contributed by atoms with van der Waals surface area (Å²) < 4.78 is 7.17. The number of piperidine rings is 1. The molecule has 2 unspecified atom stereocenters. The van der Waals surface area contributed by atoms with Crippen molar-refractivity contribution in [2.75, 3.05) is 6.61 Å². The zero-order valence-corrected chi connectivity index (χ0v) is 20.1. The summed E-state index contributed by atoms with van der Waals surface area (Å²) in [7, 11) is 0. The average Bonchev–Trinajstić information content (AvgIpc) is 3.38. The Morgan fingerprint density at radius 3 is 2.38 bits per heavy atom. The Balaban J connectivity index is 1.23. The largest absolute Gasteiger partial charge is 0.448 e. The van der Waals surface area contributed by atoms with E-state index in [2.05, 4.69) is 81.3 Å². The Morgan fingerprint density at radius 1 is 1.00 bits per heavy atom. The van der Waals surface area contributed by atoms with Crippen LogP contribution in [-0.2, 0) is 4.74 Å². The van der Waals surface area contributed by atoms with E-state index in [-0.39, 0.29) is 24.1 Å². The first kappa shape index (κ1) is 20.3. The molecule has 3 aromatic rings. The molecule has 1 fully saturated rings. The summed E-state index contributed by atoms with van der Waals surface area (Å²) in [5, 5.41) is 4.33. The van der Waals surface area contributed by atoms with Gasteiger partial charge in [0.25, 0.3) is 0 Å². The molecule has 2 aromatic carbocycles. The maximum atomic E-state index is 13.3. The molecule has 1 aromatic heterocycles. The van der Waals surface area contributed by atoms with Gasteiger partial charge in [0.1, 0.15) is 6.61 Å². The van der Waals surface area contributed by atoms with E-state index < -0.39 is 0 Å². The van der Waals surface area contributed by atoms with Crippen LogP contribution in [0.4, 0.5) is 4.79 Å². The van der Waals surface area contributed by atoms with Crippen molar-refractivity contribution in [1.29, 1.82) is 0 Å². The molecule has 1 aliphatic carbocycles. The topological polar surface area (TPSA) is 29.5 Å². The fraction of sp³-hybridized carbons (Fsp3) is 0.296. The number of amides is 1. The molecule has 0 spiro atoms. The smallest absolute Gasteiger partial charge is 0.410 e. The number of benzene rings is 2. The van der Waals surface area contributed by atoms with Gasteiger partial charge in [0, 0.05) is 27.4 Å². The first-order valence-corrected chi connectivity index (χ1v) is 13.0. The number of halogens is 1. The van der Waals surface area contributed by atoms with Crippen molar-refractivity contribution in [2.24, 2.45) is 0 Å². The van der Waals surface area contributed by atoms with Crippen LogP contribution in [0.2, 0.25) is 0 Å². The van der Waals surface area contributed by atoms with Crippen molar-refractivity contribution in [3.8, 4) is 11.1 Å². The Kier molecular flexibility index (Phi) is 5.19. The normalized spacial score (nSPS) is 21.7. The number of carbonyl (C=O) groups is 1. The van der Waals surface area contributed by atoms with Gasteiger partial charge in [-0.05, 0) is 74.8 Å². The predicted molar refractivity (Wildman–Crippen MR) is 133 cm³/mol. The Labute approximate surface area is 200 Å². The average molecular weight is 506 g/mol. The number of nitrogens with zero attached hydrogens (tertiary/aromatic N) is 1. The molecule has 162 valence electrons. The molecule has 32 heavy (non-hydrogen) atoms. The molecule has 1 amide bonds. The number of hydrogen-bond acceptors (Lipinski definition) is 3. The highest BCUT2D eigenvalue weighted by molar-refractivity contribution is 9.10. The van der Waals surface area contributed by atoms with Gasteiger partial charge in [-0.1, -0.05) is 54.6 Å². The van der Waals surface area contributed by atoms with Crippen molar-refractivity contribution in [3.63, 3.8) is 0 Å². The van der Waals surface area contributed by atoms with E-state index in [1.54, 1.807) is 11.3 Å². The molecule has 2 aliphatic heterocycles. The van der Waals surface area contributed by atoms with Crippen LogP contribution < -0.4 is 0 Å². The van der Waals surface area contributed by atoms with Gasteiger partial charge in [-0.3, -0.25) is 4.90 Å². The number of carbonyl (C=O) groups excluding carboxylic acids is 1. The summed E-state index contributed by atoms with van der Waals surface area (Å²) in [6, 6.07) is 17.3. The molecule has 2 bridgehead atoms. The lowest BCUT2D eigenvalue weighted by molar-refractivity contribution is 0.0539. The molecule has 3 nitrogen and oxygen atoms in total. The highest BCUT2D eigenvalue weighted by Gasteiger charge is 2.39. The second kappa shape index (κ2) is 8.20. The fourth-order valence-corrected chi connectivity index (χ4v) is 7.27. The van der Waals surface area contributed by atoms with Gasteiger partial charge in [-0.25, -0.2) is 4.79 Å². The van der Waals surface area contributed by atoms with E-state index in [1.165, 1.54) is 33.4 Å². The van der Waals surface area contributed by atoms with Crippen molar-refractivity contribution >= 4 is 38.9 Å². The van der Waals surface area contributed by atoms with E-state index >= 15 is 0 Å². The Morgan fingerprint density at radius 2 is 1.72 bits per heavy atom. The predicted octanol–water partition coefficient (Wildman–Crippen LogP) is 7.47. The summed E-state index contributed by atoms with van der Waals surface area (Å²) in [6.45, 7) is 0.384. The summed E-state index contributed by atoms with van der Waals surface area (Å²) in [5.74, 6) is 0.101. The lowest BCUT2D eigenvalue weighted by Gasteiger charge is -2.44. The monoisotopic (exact) mass is 505 g/mol. The van der Waals surface area contributed by atoms with E-state index in [0.29, 0.717) is 6.61 Å². The SMILES string of the molecule is O=C(OCC1c2ccccc2-c2ccccc21)N1C2C=C(c3cscc3Br)CC1CCC2. The van der Waals surface area contributed by atoms with Gasteiger partial charge >= 0.3 is 6.09 Å². The third-order valence-corrected chi connectivity index (χ3v) is 8.85. The Hall–Kier alpha value is -2.37. The van der Waals surface area contributed by atoms with Crippen LogP contribution >= 0.6 is 27.3 Å². The standard InChI is InChI=1S/C27H24BrNO2S/c28-26-16-32-15-25(26)17-12-18-6-5-7-19(13-17)29(18)27(30)31-14-24-22-10-3-1-8-20(22)21-9-2-4-11-23(21)24/h1-4,8-12,15-16,18-19,24H,5-7,13-14H2. The van der Waals surface area contributed by atoms with Crippen LogP contribution in [0.3, 0.4) is 0 Å². The lowest BCUT2D eigenvalue weighted by atomic mass is 9.84. The van der Waals surface area contributed by atoms with Crippen molar-refractivity contribution in [1.82, 2.24) is 4.90 Å². The molecular weight excluding hydrogens is 482 g/mol. The third kappa shape index (κ3) is 3.34. The molecule has 3 aliphatic rings. The van der Waals surface area contributed by atoms with E-state index in [4.69, 9.17) is 4.74 Å². The minimum Gasteiger partial charge on any atom is -0.448 e. The number of fused-ring (bicyclic) bond motifs is 5. The number of hydrogen-bond donors (Lipinski definition) is 0. The molecule has 0 saturated carbocycles. The number of rotatable bonds is 3. The minimum atomic E-state index is -0.166. The van der Waals surface area contributed by atoms with Crippen LogP contribution in [0.25, 0.3) is 16.7 Å². The van der Waals surface area contributed by atoms with E-state index in [0.717, 1.165) is 30.2 Å². The second-order valence-corrected chi connectivity index (χ2v) is 10.5. The number of thiophene rings is 1. The van der Waals surface area contributed by atoms with E-state index in [1.807, 2.05) is 4.90 Å². The van der Waals surface area contributed by atoms with Crippen LogP contribution in [0, 0.1) is 0 Å². The van der Waals surface area contributed by atoms with Gasteiger partial charge in [0.2, 0.25) is 0 Å². The molecule has 0 N–H and O–H groups in total. The maximum absolute atomic E-state index is 13.3. The van der Waals surface area contributed by atoms with Gasteiger partial charge in [0.05, 0.1) is 6.04 Å². The van der Waals surface area contributed by atoms with Crippen LogP contribution in [-0.4, -0.2) is 29.7 Å². The molecule has 2 atom stereocenters. The zero-order chi connectivity index (χ0) is 21.7. The maximum Gasteiger partial charge on any atom is 0.410 e. The third-order valence-electron chi connectivity index (χ3n) is 7.14. The van der Waals surface area contributed by atoms with Crippen molar-refractivity contribution in [3.05, 3.63) is 86.5 Å². The molecule has 6 rings (SSSR count). The first-order chi connectivity index (χ1) is 15.7. The van der Waals surface area contributed by atoms with Gasteiger partial charge in [-0.2, -0.15) is 11.3 Å². The molecule has 3 heterocycles. The fourth-order valence-electron chi connectivity index (χ4n) is 5.69. The minimum absolute atomic E-state index is 0.101. The highest BCUT2D eigenvalue weighted by atomic mass is 79.9. The van der Waals surface area contributed by atoms with Crippen molar-refractivity contribution < 1.29 is 9.53 Å². The van der Waals surface area contributed by atoms with E-state index in [9.17, 15) is 4.79 Å². The van der Waals surface area contributed by atoms with Crippen LogP contribution in [0.5, 0.6) is 0 Å². The van der Waals surface area contributed by atoms with Crippen LogP contribution in [0.1, 0.15) is 48.3 Å². The van der Waals surface area contributed by atoms with Crippen LogP contribution in [0.15, 0.2) is 69.8 Å².